The first-order valence-electron chi connectivity index (χ1n) is 8.08. The number of ether oxygens (including phenoxy) is 1. The molecule has 0 fully saturated rings. The van der Waals surface area contributed by atoms with Crippen LogP contribution in [-0.2, 0) is 0 Å². The fourth-order valence-corrected chi connectivity index (χ4v) is 3.16. The number of benzene rings is 2. The van der Waals surface area contributed by atoms with Gasteiger partial charge in [-0.1, -0.05) is 18.2 Å². The zero-order valence-electron chi connectivity index (χ0n) is 14.0. The first-order valence-corrected chi connectivity index (χ1v) is 8.08. The van der Waals surface area contributed by atoms with E-state index in [0.29, 0.717) is 18.0 Å². The summed E-state index contributed by atoms with van der Waals surface area (Å²) in [4.78, 5) is 14.2. The number of nitrogens with zero attached hydrogens (tertiary/aromatic N) is 5. The molecule has 25 heavy (non-hydrogen) atoms. The minimum atomic E-state index is -0.315. The molecule has 1 amide bonds. The van der Waals surface area contributed by atoms with Crippen LogP contribution in [0.2, 0.25) is 0 Å². The molecule has 2 aromatic carbocycles. The fourth-order valence-electron chi connectivity index (χ4n) is 3.16. The monoisotopic (exact) mass is 335 g/mol. The first kappa shape index (κ1) is 15.3. The Balaban J connectivity index is 1.76. The number of aromatic nitrogens is 4. The maximum Gasteiger partial charge on any atom is 0.254 e. The van der Waals surface area contributed by atoms with Gasteiger partial charge in [-0.15, -0.1) is 5.10 Å². The lowest BCUT2D eigenvalue weighted by Gasteiger charge is -2.19. The van der Waals surface area contributed by atoms with Crippen LogP contribution in [0.5, 0.6) is 5.75 Å². The van der Waals surface area contributed by atoms with E-state index in [4.69, 9.17) is 4.74 Å². The smallest absolute Gasteiger partial charge is 0.254 e. The molecular weight excluding hydrogens is 318 g/mol. The highest BCUT2D eigenvalue weighted by atomic mass is 16.5. The van der Waals surface area contributed by atoms with Gasteiger partial charge in [-0.25, -0.2) is 0 Å². The average Bonchev–Trinajstić information content (AvgIpc) is 3.20. The molecule has 1 aliphatic rings. The molecule has 0 saturated heterocycles. The Bertz CT molecular complexity index is 919. The van der Waals surface area contributed by atoms with Gasteiger partial charge >= 0.3 is 0 Å². The molecule has 4 rings (SSSR count). The van der Waals surface area contributed by atoms with Gasteiger partial charge in [0.05, 0.1) is 12.3 Å². The second kappa shape index (κ2) is 6.01. The second-order valence-electron chi connectivity index (χ2n) is 5.78. The summed E-state index contributed by atoms with van der Waals surface area (Å²) in [6, 6.07) is 14.8. The normalized spacial score (nSPS) is 16.2. The van der Waals surface area contributed by atoms with E-state index >= 15 is 0 Å². The van der Waals surface area contributed by atoms with Gasteiger partial charge in [-0.05, 0) is 53.2 Å². The van der Waals surface area contributed by atoms with Crippen molar-refractivity contribution < 1.29 is 9.53 Å². The van der Waals surface area contributed by atoms with Gasteiger partial charge in [0.15, 0.2) is 5.82 Å². The lowest BCUT2D eigenvalue weighted by Crippen LogP contribution is -2.26. The SMILES string of the molecule is CCOc1ccc(-n2nnnc2C2c3ccccc3C(=O)N2C)cc1. The Kier molecular flexibility index (Phi) is 3.68. The number of rotatable bonds is 4. The molecule has 7 nitrogen and oxygen atoms in total. The van der Waals surface area contributed by atoms with E-state index < -0.39 is 0 Å². The number of fused-ring (bicyclic) bond motifs is 1. The second-order valence-corrected chi connectivity index (χ2v) is 5.78. The molecule has 0 aliphatic carbocycles. The van der Waals surface area contributed by atoms with Gasteiger partial charge in [0, 0.05) is 12.6 Å². The lowest BCUT2D eigenvalue weighted by molar-refractivity contribution is 0.0788. The Morgan fingerprint density at radius 2 is 1.88 bits per heavy atom. The molecule has 3 aromatic rings. The van der Waals surface area contributed by atoms with Crippen molar-refractivity contribution in [3.05, 3.63) is 65.5 Å². The van der Waals surface area contributed by atoms with Crippen LogP contribution in [0, 0.1) is 0 Å². The number of tetrazole rings is 1. The van der Waals surface area contributed by atoms with Crippen LogP contribution in [0.15, 0.2) is 48.5 Å². The predicted octanol–water partition coefficient (Wildman–Crippen LogP) is 2.24. The number of carbonyl (C=O) groups is 1. The van der Waals surface area contributed by atoms with Crippen LogP contribution in [0.1, 0.15) is 34.7 Å². The minimum Gasteiger partial charge on any atom is -0.494 e. The quantitative estimate of drug-likeness (QED) is 0.731. The molecule has 0 bridgehead atoms. The van der Waals surface area contributed by atoms with Gasteiger partial charge in [0.2, 0.25) is 0 Å². The van der Waals surface area contributed by atoms with Crippen molar-refractivity contribution in [3.63, 3.8) is 0 Å². The van der Waals surface area contributed by atoms with E-state index in [0.717, 1.165) is 17.0 Å². The molecule has 1 unspecified atom stereocenters. The molecule has 7 heteroatoms. The fraction of sp³-hybridized carbons (Fsp3) is 0.222. The van der Waals surface area contributed by atoms with Crippen LogP contribution in [0.4, 0.5) is 0 Å². The molecule has 1 aliphatic heterocycles. The van der Waals surface area contributed by atoms with Crippen LogP contribution >= 0.6 is 0 Å². The maximum atomic E-state index is 12.5. The molecular formula is C18H17N5O2. The third-order valence-electron chi connectivity index (χ3n) is 4.32. The summed E-state index contributed by atoms with van der Waals surface area (Å²) in [5.41, 5.74) is 2.42. The third kappa shape index (κ3) is 2.44. The van der Waals surface area contributed by atoms with Gasteiger partial charge in [0.25, 0.3) is 5.91 Å². The van der Waals surface area contributed by atoms with E-state index in [1.54, 1.807) is 16.6 Å². The third-order valence-corrected chi connectivity index (χ3v) is 4.32. The van der Waals surface area contributed by atoms with E-state index in [-0.39, 0.29) is 11.9 Å². The molecule has 126 valence electrons. The standard InChI is InChI=1S/C18H17N5O2/c1-3-25-13-10-8-12(9-11-13)23-17(19-20-21-23)16-14-6-4-5-7-15(14)18(24)22(16)2/h4-11,16H,3H2,1-2H3. The number of amides is 1. The molecule has 1 aromatic heterocycles. The highest BCUT2D eigenvalue weighted by Crippen LogP contribution is 2.36. The van der Waals surface area contributed by atoms with Crippen molar-refractivity contribution in [1.29, 1.82) is 0 Å². The zero-order chi connectivity index (χ0) is 17.4. The topological polar surface area (TPSA) is 73.1 Å². The van der Waals surface area contributed by atoms with E-state index in [1.807, 2.05) is 55.5 Å². The first-order chi connectivity index (χ1) is 12.2. The molecule has 0 radical (unpaired) electrons. The van der Waals surface area contributed by atoms with Crippen molar-refractivity contribution in [2.45, 2.75) is 13.0 Å². The van der Waals surface area contributed by atoms with Crippen LogP contribution in [-0.4, -0.2) is 44.7 Å². The van der Waals surface area contributed by atoms with E-state index in [2.05, 4.69) is 15.5 Å². The average molecular weight is 335 g/mol. The summed E-state index contributed by atoms with van der Waals surface area (Å²) in [5.74, 6) is 1.37. The zero-order valence-corrected chi connectivity index (χ0v) is 14.0. The number of hydrogen-bond acceptors (Lipinski definition) is 5. The molecule has 2 heterocycles. The summed E-state index contributed by atoms with van der Waals surface area (Å²) in [6.07, 6.45) is 0. The lowest BCUT2D eigenvalue weighted by atomic mass is 10.0. The maximum absolute atomic E-state index is 12.5. The Hall–Kier alpha value is -3.22. The van der Waals surface area contributed by atoms with Crippen molar-refractivity contribution in [2.75, 3.05) is 13.7 Å². The molecule has 0 N–H and O–H groups in total. The molecule has 0 spiro atoms. The number of carbonyl (C=O) groups excluding carboxylic acids is 1. The molecule has 0 saturated carbocycles. The van der Waals surface area contributed by atoms with Crippen LogP contribution in [0.3, 0.4) is 0 Å². The van der Waals surface area contributed by atoms with Gasteiger partial charge in [-0.2, -0.15) is 4.68 Å². The van der Waals surface area contributed by atoms with Gasteiger partial charge < -0.3 is 9.64 Å². The molecule has 1 atom stereocenters. The van der Waals surface area contributed by atoms with Gasteiger partial charge in [-0.3, -0.25) is 4.79 Å². The summed E-state index contributed by atoms with van der Waals surface area (Å²) in [7, 11) is 1.77. The van der Waals surface area contributed by atoms with Crippen molar-refractivity contribution in [3.8, 4) is 11.4 Å². The predicted molar refractivity (Wildman–Crippen MR) is 90.7 cm³/mol. The van der Waals surface area contributed by atoms with Crippen molar-refractivity contribution in [1.82, 2.24) is 25.1 Å². The Morgan fingerprint density at radius 1 is 1.12 bits per heavy atom. The van der Waals surface area contributed by atoms with Crippen molar-refractivity contribution >= 4 is 5.91 Å². The number of hydrogen-bond donors (Lipinski definition) is 0. The Labute approximate surface area is 144 Å². The highest BCUT2D eigenvalue weighted by molar-refractivity contribution is 5.99. The Morgan fingerprint density at radius 3 is 2.64 bits per heavy atom. The summed E-state index contributed by atoms with van der Waals surface area (Å²) >= 11 is 0. The van der Waals surface area contributed by atoms with Crippen LogP contribution in [0.25, 0.3) is 5.69 Å². The largest absolute Gasteiger partial charge is 0.494 e. The summed E-state index contributed by atoms with van der Waals surface area (Å²) < 4.78 is 7.13. The van der Waals surface area contributed by atoms with Crippen molar-refractivity contribution in [2.24, 2.45) is 0 Å². The van der Waals surface area contributed by atoms with E-state index in [1.165, 1.54) is 0 Å². The van der Waals surface area contributed by atoms with Gasteiger partial charge in [0.1, 0.15) is 11.8 Å². The van der Waals surface area contributed by atoms with E-state index in [9.17, 15) is 4.79 Å². The minimum absolute atomic E-state index is 0.0261. The summed E-state index contributed by atoms with van der Waals surface area (Å²) in [5, 5.41) is 12.1. The summed E-state index contributed by atoms with van der Waals surface area (Å²) in [6.45, 7) is 2.55. The van der Waals surface area contributed by atoms with Crippen LogP contribution < -0.4 is 4.74 Å². The highest BCUT2D eigenvalue weighted by Gasteiger charge is 2.38.